The molecule has 5 rings (SSSR count). The van der Waals surface area contributed by atoms with Crippen LogP contribution < -0.4 is 0 Å². The maximum Gasteiger partial charge on any atom is 0.157 e. The van der Waals surface area contributed by atoms with Crippen molar-refractivity contribution in [2.45, 2.75) is 97.9 Å². The van der Waals surface area contributed by atoms with Gasteiger partial charge in [0.25, 0.3) is 0 Å². The Kier molecular flexibility index (Phi) is 6.14. The van der Waals surface area contributed by atoms with Gasteiger partial charge in [-0.15, -0.1) is 0 Å². The third-order valence-electron chi connectivity index (χ3n) is 10.6. The quantitative estimate of drug-likeness (QED) is 0.490. The standard InChI is InChI=1S/C29H44N2O/c1-5-20(3)22-16-30-31(17-22)18-28(32)27-8-6-7-26-25-12-10-21-15-19(2)9-11-23(21)24(25)13-14-29(26,27)4/h16-17,19,21,23-27H,3,5-15,18H2,1-2,4H3. The van der Waals surface area contributed by atoms with E-state index in [-0.39, 0.29) is 11.3 Å². The average molecular weight is 437 g/mol. The Morgan fingerprint density at radius 1 is 1.12 bits per heavy atom. The van der Waals surface area contributed by atoms with Gasteiger partial charge in [0, 0.05) is 17.7 Å². The largest absolute Gasteiger partial charge is 0.297 e. The van der Waals surface area contributed by atoms with Crippen LogP contribution in [0.5, 0.6) is 0 Å². The van der Waals surface area contributed by atoms with Gasteiger partial charge in [-0.25, -0.2) is 0 Å². The van der Waals surface area contributed by atoms with E-state index in [1.165, 1.54) is 57.8 Å². The molecule has 0 amide bonds. The summed E-state index contributed by atoms with van der Waals surface area (Å²) >= 11 is 0. The number of rotatable bonds is 5. The van der Waals surface area contributed by atoms with Crippen LogP contribution in [0.25, 0.3) is 5.57 Å². The highest BCUT2D eigenvalue weighted by molar-refractivity contribution is 5.82. The first-order chi connectivity index (χ1) is 15.4. The van der Waals surface area contributed by atoms with Gasteiger partial charge in [-0.1, -0.05) is 40.2 Å². The topological polar surface area (TPSA) is 34.9 Å². The normalized spacial score (nSPS) is 41.3. The third-order valence-corrected chi connectivity index (χ3v) is 10.6. The summed E-state index contributed by atoms with van der Waals surface area (Å²) in [7, 11) is 0. The molecule has 4 saturated carbocycles. The van der Waals surface area contributed by atoms with Crippen molar-refractivity contribution in [2.24, 2.45) is 46.8 Å². The summed E-state index contributed by atoms with van der Waals surface area (Å²) in [5.41, 5.74) is 2.38. The van der Waals surface area contributed by atoms with E-state index < -0.39 is 0 Å². The van der Waals surface area contributed by atoms with E-state index in [1.54, 1.807) is 0 Å². The van der Waals surface area contributed by atoms with Crippen molar-refractivity contribution in [3.8, 4) is 0 Å². The Bertz CT molecular complexity index is 855. The number of hydrogen-bond acceptors (Lipinski definition) is 2. The lowest BCUT2D eigenvalue weighted by molar-refractivity contribution is -0.144. The smallest absolute Gasteiger partial charge is 0.157 e. The number of hydrogen-bond donors (Lipinski definition) is 0. The maximum atomic E-state index is 13.6. The van der Waals surface area contributed by atoms with Crippen LogP contribution >= 0.6 is 0 Å². The molecule has 1 aromatic rings. The Hall–Kier alpha value is -1.38. The van der Waals surface area contributed by atoms with Gasteiger partial charge in [-0.3, -0.25) is 9.48 Å². The molecule has 4 fully saturated rings. The molecule has 0 radical (unpaired) electrons. The number of allylic oxidation sites excluding steroid dienone is 1. The lowest BCUT2D eigenvalue weighted by Crippen LogP contribution is -2.54. The molecule has 0 N–H and O–H groups in total. The summed E-state index contributed by atoms with van der Waals surface area (Å²) in [5, 5.41) is 4.50. The predicted molar refractivity (Wildman–Crippen MR) is 131 cm³/mol. The van der Waals surface area contributed by atoms with Crippen molar-refractivity contribution >= 4 is 11.4 Å². The van der Waals surface area contributed by atoms with Crippen LogP contribution in [-0.4, -0.2) is 15.6 Å². The highest BCUT2D eigenvalue weighted by atomic mass is 16.1. The molecule has 1 heterocycles. The Balaban J connectivity index is 1.31. The summed E-state index contributed by atoms with van der Waals surface area (Å²) in [6.07, 6.45) is 18.4. The van der Waals surface area contributed by atoms with Crippen molar-refractivity contribution in [2.75, 3.05) is 0 Å². The summed E-state index contributed by atoms with van der Waals surface area (Å²) in [6, 6.07) is 0. The van der Waals surface area contributed by atoms with Crippen molar-refractivity contribution in [3.63, 3.8) is 0 Å². The zero-order valence-electron chi connectivity index (χ0n) is 20.7. The average Bonchev–Trinajstić information content (AvgIpc) is 3.25. The second kappa shape index (κ2) is 8.76. The Morgan fingerprint density at radius 3 is 2.75 bits per heavy atom. The van der Waals surface area contributed by atoms with E-state index in [2.05, 4.69) is 32.4 Å². The first kappa shape index (κ1) is 22.4. The molecule has 1 aromatic heterocycles. The van der Waals surface area contributed by atoms with E-state index in [0.717, 1.165) is 59.5 Å². The lowest BCUT2D eigenvalue weighted by atomic mass is 9.44. The van der Waals surface area contributed by atoms with Crippen LogP contribution in [0, 0.1) is 46.8 Å². The molecule has 0 spiro atoms. The van der Waals surface area contributed by atoms with Gasteiger partial charge in [-0.2, -0.15) is 5.10 Å². The number of carbonyl (C=O) groups excluding carboxylic acids is 1. The molecule has 0 aliphatic heterocycles. The molecule has 0 aromatic carbocycles. The third kappa shape index (κ3) is 3.82. The fourth-order valence-electron chi connectivity index (χ4n) is 8.92. The number of ketones is 1. The van der Waals surface area contributed by atoms with Gasteiger partial charge >= 0.3 is 0 Å². The molecular formula is C29H44N2O. The lowest BCUT2D eigenvalue weighted by Gasteiger charge is -2.60. The zero-order chi connectivity index (χ0) is 22.5. The second-order valence-corrected chi connectivity index (χ2v) is 12.2. The first-order valence-corrected chi connectivity index (χ1v) is 13.6. The van der Waals surface area contributed by atoms with Crippen LogP contribution in [0.1, 0.15) is 97.0 Å². The maximum absolute atomic E-state index is 13.6. The van der Waals surface area contributed by atoms with Crippen LogP contribution in [0.2, 0.25) is 0 Å². The van der Waals surface area contributed by atoms with Gasteiger partial charge < -0.3 is 0 Å². The van der Waals surface area contributed by atoms with Crippen molar-refractivity contribution < 1.29 is 4.79 Å². The summed E-state index contributed by atoms with van der Waals surface area (Å²) in [6.45, 7) is 11.6. The summed E-state index contributed by atoms with van der Waals surface area (Å²) in [5.74, 6) is 6.15. The minimum absolute atomic E-state index is 0.203. The molecule has 3 nitrogen and oxygen atoms in total. The van der Waals surface area contributed by atoms with Gasteiger partial charge in [0.2, 0.25) is 0 Å². The van der Waals surface area contributed by atoms with E-state index in [0.29, 0.717) is 12.3 Å². The SMILES string of the molecule is C=C(CC)c1cnn(CC(=O)C2CCCC3C4CCC5CC(C)CCC5C4CCC23C)c1. The molecule has 0 bridgehead atoms. The summed E-state index contributed by atoms with van der Waals surface area (Å²) in [4.78, 5) is 13.6. The number of fused-ring (bicyclic) bond motifs is 5. The van der Waals surface area contributed by atoms with Gasteiger partial charge in [-0.05, 0) is 104 Å². The van der Waals surface area contributed by atoms with Crippen LogP contribution in [0.15, 0.2) is 19.0 Å². The zero-order valence-corrected chi connectivity index (χ0v) is 20.7. The molecule has 8 atom stereocenters. The van der Waals surface area contributed by atoms with E-state index in [1.807, 2.05) is 17.1 Å². The number of carbonyl (C=O) groups is 1. The van der Waals surface area contributed by atoms with Gasteiger partial charge in [0.1, 0.15) is 0 Å². The molecular weight excluding hydrogens is 392 g/mol. The van der Waals surface area contributed by atoms with Gasteiger partial charge in [0.15, 0.2) is 5.78 Å². The number of nitrogens with zero attached hydrogens (tertiary/aromatic N) is 2. The fourth-order valence-corrected chi connectivity index (χ4v) is 8.92. The minimum atomic E-state index is 0.203. The van der Waals surface area contributed by atoms with E-state index in [4.69, 9.17) is 0 Å². The van der Waals surface area contributed by atoms with E-state index >= 15 is 0 Å². The molecule has 3 heteroatoms. The molecule has 4 aliphatic rings. The van der Waals surface area contributed by atoms with Crippen molar-refractivity contribution in [3.05, 3.63) is 24.5 Å². The highest BCUT2D eigenvalue weighted by Gasteiger charge is 2.56. The Morgan fingerprint density at radius 2 is 1.94 bits per heavy atom. The molecule has 4 aliphatic carbocycles. The Labute approximate surface area is 195 Å². The predicted octanol–water partition coefficient (Wildman–Crippen LogP) is 7.17. The summed E-state index contributed by atoms with van der Waals surface area (Å²) < 4.78 is 1.87. The van der Waals surface area contributed by atoms with Crippen molar-refractivity contribution in [1.82, 2.24) is 9.78 Å². The highest BCUT2D eigenvalue weighted by Crippen LogP contribution is 2.63. The van der Waals surface area contributed by atoms with E-state index in [9.17, 15) is 4.79 Å². The molecule has 176 valence electrons. The van der Waals surface area contributed by atoms with Crippen LogP contribution in [-0.2, 0) is 11.3 Å². The minimum Gasteiger partial charge on any atom is -0.297 e. The second-order valence-electron chi connectivity index (χ2n) is 12.2. The number of aromatic nitrogens is 2. The van der Waals surface area contributed by atoms with Crippen molar-refractivity contribution in [1.29, 1.82) is 0 Å². The molecule has 8 unspecified atom stereocenters. The fraction of sp³-hybridized carbons (Fsp3) is 0.793. The molecule has 0 saturated heterocycles. The van der Waals surface area contributed by atoms with Crippen LogP contribution in [0.3, 0.4) is 0 Å². The monoisotopic (exact) mass is 436 g/mol. The molecule has 32 heavy (non-hydrogen) atoms. The van der Waals surface area contributed by atoms with Gasteiger partial charge in [0.05, 0.1) is 12.7 Å². The van der Waals surface area contributed by atoms with Crippen LogP contribution in [0.4, 0.5) is 0 Å². The first-order valence-electron chi connectivity index (χ1n) is 13.6. The number of Topliss-reactive ketones (excluding diaryl/α,β-unsaturated/α-hetero) is 1.